The van der Waals surface area contributed by atoms with Gasteiger partial charge in [0, 0.05) is 23.3 Å². The zero-order valence-corrected chi connectivity index (χ0v) is 27.5. The molecule has 0 atom stereocenters. The van der Waals surface area contributed by atoms with Crippen LogP contribution in [-0.4, -0.2) is 21.0 Å². The Balaban J connectivity index is 0.000000253. The van der Waals surface area contributed by atoms with E-state index >= 15 is 0 Å². The summed E-state index contributed by atoms with van der Waals surface area (Å²) in [6, 6.07) is 28.3. The molecular weight excluding hydrogens is 569 g/mol. The molecule has 2 N–H and O–H groups in total. The summed E-state index contributed by atoms with van der Waals surface area (Å²) in [5.74, 6) is 1.60. The molecule has 43 heavy (non-hydrogen) atoms. The van der Waals surface area contributed by atoms with Gasteiger partial charge in [0.1, 0.15) is 5.69 Å². The number of aromatic nitrogens is 3. The number of hydrogen-bond donors (Lipinski definition) is 1. The number of aryl methyl sites for hydroxylation is 2. The smallest absolute Gasteiger partial charge is 0.658 e. The number of nitrogens with zero attached hydrogens (tertiary/aromatic N) is 4. The molecule has 4 aromatic rings. The zero-order chi connectivity index (χ0) is 29.6. The van der Waals surface area contributed by atoms with E-state index in [0.717, 1.165) is 53.1 Å². The van der Waals surface area contributed by atoms with E-state index in [4.69, 9.17) is 15.7 Å². The maximum absolute atomic E-state index is 7.13. The molecule has 7 heteroatoms. The van der Waals surface area contributed by atoms with Gasteiger partial charge in [-0.1, -0.05) is 132 Å². The molecule has 2 aliphatic rings. The van der Waals surface area contributed by atoms with Crippen LogP contribution in [0.4, 0.5) is 11.4 Å². The van der Waals surface area contributed by atoms with Crippen molar-refractivity contribution < 1.29 is 17.1 Å². The van der Waals surface area contributed by atoms with Gasteiger partial charge >= 0.3 is 17.1 Å². The van der Waals surface area contributed by atoms with Gasteiger partial charge in [-0.2, -0.15) is 23.1 Å². The molecule has 0 spiro atoms. The van der Waals surface area contributed by atoms with Gasteiger partial charge in [0.05, 0.1) is 12.0 Å². The number of nitrogens with two attached hydrogens (primary N) is 1. The average molecular weight is 617 g/mol. The van der Waals surface area contributed by atoms with Gasteiger partial charge in [-0.05, 0) is 25.1 Å². The second-order valence-corrected chi connectivity index (χ2v) is 13.6. The third-order valence-corrected chi connectivity index (χ3v) is 9.60. The van der Waals surface area contributed by atoms with Crippen LogP contribution in [0.1, 0.15) is 77.1 Å². The van der Waals surface area contributed by atoms with Crippen molar-refractivity contribution in [3.8, 4) is 11.4 Å². The van der Waals surface area contributed by atoms with Gasteiger partial charge < -0.3 is 11.0 Å². The Morgan fingerprint density at radius 2 is 1.37 bits per heavy atom. The largest absolute Gasteiger partial charge is 3.00 e. The molecule has 1 radical (unpaired) electrons. The minimum absolute atomic E-state index is 0. The molecule has 2 bridgehead atoms. The van der Waals surface area contributed by atoms with Gasteiger partial charge in [-0.3, -0.25) is 9.67 Å². The van der Waals surface area contributed by atoms with E-state index < -0.39 is 6.28 Å². The third-order valence-electron chi connectivity index (χ3n) is 9.60. The zero-order valence-electron chi connectivity index (χ0n) is 26.4. The van der Waals surface area contributed by atoms with Crippen LogP contribution < -0.4 is 5.64 Å². The van der Waals surface area contributed by atoms with Gasteiger partial charge in [-0.25, -0.2) is 0 Å². The van der Waals surface area contributed by atoms with Crippen LogP contribution in [0.25, 0.3) is 16.7 Å². The molecule has 2 saturated heterocycles. The normalized spacial score (nSPS) is 21.2. The first-order valence-corrected chi connectivity index (χ1v) is 16.0. The molecule has 0 saturated carbocycles. The molecule has 227 valence electrons. The first kappa shape index (κ1) is 33.0. The molecule has 6 rings (SSSR count). The molecule has 5 nitrogen and oxygen atoms in total. The summed E-state index contributed by atoms with van der Waals surface area (Å²) < 4.78 is 2.23. The van der Waals surface area contributed by atoms with E-state index in [1.807, 2.05) is 73.7 Å². The topological polar surface area (TPSA) is 70.8 Å². The van der Waals surface area contributed by atoms with Crippen molar-refractivity contribution in [2.75, 3.05) is 0 Å². The Hall–Kier alpha value is -2.86. The molecule has 4 heterocycles. The van der Waals surface area contributed by atoms with E-state index in [1.54, 1.807) is 0 Å². The van der Waals surface area contributed by atoms with Crippen LogP contribution in [-0.2, 0) is 29.0 Å². The van der Waals surface area contributed by atoms with Crippen LogP contribution in [0.3, 0.4) is 0 Å². The minimum atomic E-state index is -0.694. The number of benzene rings is 2. The van der Waals surface area contributed by atoms with E-state index in [-0.39, 0.29) is 22.5 Å². The Bertz CT molecular complexity index is 1360. The van der Waals surface area contributed by atoms with Crippen LogP contribution in [0, 0.1) is 6.92 Å². The Kier molecular flexibility index (Phi) is 11.3. The van der Waals surface area contributed by atoms with Crippen LogP contribution in [0.5, 0.6) is 0 Å². The van der Waals surface area contributed by atoms with E-state index in [9.17, 15) is 0 Å². The molecule has 2 aromatic carbocycles. The van der Waals surface area contributed by atoms with Crippen LogP contribution in [0.15, 0.2) is 84.9 Å². The second-order valence-electron chi connectivity index (χ2n) is 13.6. The number of rotatable bonds is 7. The summed E-state index contributed by atoms with van der Waals surface area (Å²) in [6.45, 7) is 9.81. The fourth-order valence-electron chi connectivity index (χ4n) is 7.42. The van der Waals surface area contributed by atoms with E-state index in [0.29, 0.717) is 0 Å². The Morgan fingerprint density at radius 3 is 1.88 bits per heavy atom. The predicted molar refractivity (Wildman–Crippen MR) is 179 cm³/mol. The standard InChI is InChI=1S/C24H38BN4.C12H10N.Fe/c1-18-9-5-14-21(27-18)22-17-23(24(2,3)4)29(28-22)16-8-15-25(26)19-10-6-11-20(25)13-7-12-19;1-3-7-11(8-4-1)13-12-9-5-2-6-10-12;/h5,9,14,17,19-20H,6-8,10-13,15-16,26H2,1-4H3;1-10H;/q2*-1;+3. The Labute approximate surface area is 269 Å². The number of para-hydroxylation sites is 2. The Morgan fingerprint density at radius 1 is 0.814 bits per heavy atom. The SMILES string of the molecule is Cc1cccc(-c2cc(C(C)(C)C)n(CCC[B-]3(N)C4CCCC3CCC4)n2)n1.[Fe+3].c1ccc([N-]c2ccccc2)cc1. The van der Waals surface area contributed by atoms with Crippen molar-refractivity contribution in [2.24, 2.45) is 5.64 Å². The van der Waals surface area contributed by atoms with Gasteiger partial charge in [0.15, 0.2) is 0 Å². The first-order valence-electron chi connectivity index (χ1n) is 16.0. The molecule has 2 fully saturated rings. The molecule has 2 aliphatic heterocycles. The summed E-state index contributed by atoms with van der Waals surface area (Å²) in [5.41, 5.74) is 13.5. The molecule has 0 amide bonds. The van der Waals surface area contributed by atoms with Crippen molar-refractivity contribution >= 4 is 17.7 Å². The van der Waals surface area contributed by atoms with Crippen molar-refractivity contribution in [1.29, 1.82) is 0 Å². The maximum atomic E-state index is 7.13. The minimum Gasteiger partial charge on any atom is -0.658 e. The summed E-state index contributed by atoms with van der Waals surface area (Å²) in [6.07, 6.45) is 9.89. The van der Waals surface area contributed by atoms with E-state index in [2.05, 4.69) is 49.0 Å². The molecular formula is C36H48BFeN5+. The predicted octanol–water partition coefficient (Wildman–Crippen LogP) is 9.97. The number of hydrogen-bond acceptors (Lipinski definition) is 3. The summed E-state index contributed by atoms with van der Waals surface area (Å²) >= 11 is 0. The average Bonchev–Trinajstić information content (AvgIpc) is 3.39. The monoisotopic (exact) mass is 617 g/mol. The first-order chi connectivity index (χ1) is 20.2. The summed E-state index contributed by atoms with van der Waals surface area (Å²) in [7, 11) is 0. The third kappa shape index (κ3) is 8.41. The summed E-state index contributed by atoms with van der Waals surface area (Å²) in [4.78, 5) is 4.69. The van der Waals surface area contributed by atoms with Gasteiger partial charge in [0.25, 0.3) is 0 Å². The van der Waals surface area contributed by atoms with E-state index in [1.165, 1.54) is 50.5 Å². The van der Waals surface area contributed by atoms with Crippen LogP contribution >= 0.6 is 0 Å². The second kappa shape index (κ2) is 14.7. The van der Waals surface area contributed by atoms with Crippen molar-refractivity contribution in [3.63, 3.8) is 0 Å². The van der Waals surface area contributed by atoms with Gasteiger partial charge in [-0.15, -0.1) is 11.4 Å². The number of fused-ring (bicyclic) bond motifs is 2. The summed E-state index contributed by atoms with van der Waals surface area (Å²) in [5, 5.41) is 9.43. The molecule has 0 unspecified atom stereocenters. The molecule has 2 aromatic heterocycles. The fraction of sp³-hybridized carbons (Fsp3) is 0.444. The van der Waals surface area contributed by atoms with Crippen molar-refractivity contribution in [1.82, 2.24) is 14.8 Å². The van der Waals surface area contributed by atoms with Gasteiger partial charge in [0.2, 0.25) is 0 Å². The number of pyridine rings is 1. The van der Waals surface area contributed by atoms with Crippen LogP contribution in [0.2, 0.25) is 18.0 Å². The quantitative estimate of drug-likeness (QED) is 0.210. The van der Waals surface area contributed by atoms with Crippen molar-refractivity contribution in [3.05, 3.63) is 102 Å². The molecule has 0 aliphatic carbocycles. The fourth-order valence-corrected chi connectivity index (χ4v) is 7.42. The maximum Gasteiger partial charge on any atom is 3.00 e. The van der Waals surface area contributed by atoms with Crippen molar-refractivity contribution in [2.45, 2.75) is 103 Å².